The fourth-order valence-corrected chi connectivity index (χ4v) is 9.91. The van der Waals surface area contributed by atoms with Crippen LogP contribution in [0.1, 0.15) is 0 Å². The van der Waals surface area contributed by atoms with Crippen LogP contribution in [0.3, 0.4) is 0 Å². The Hall–Kier alpha value is -7.36. The molecule has 3 nitrogen and oxygen atoms in total. The van der Waals surface area contributed by atoms with Gasteiger partial charge in [0.15, 0.2) is 0 Å². The van der Waals surface area contributed by atoms with Crippen LogP contribution >= 0.6 is 0 Å². The zero-order chi connectivity index (χ0) is 35.8. The quantitative estimate of drug-likeness (QED) is 0.175. The Morgan fingerprint density at radius 3 is 1.22 bits per heavy atom. The second kappa shape index (κ2) is 10.6. The minimum Gasteiger partial charge on any atom is -0.309 e. The van der Waals surface area contributed by atoms with Gasteiger partial charge in [-0.1, -0.05) is 133 Å². The number of benzene rings is 9. The minimum atomic E-state index is 1.14. The first-order chi connectivity index (χ1) is 27.3. The third-order valence-corrected chi connectivity index (χ3v) is 12.2. The molecule has 0 saturated heterocycles. The minimum absolute atomic E-state index is 1.14. The van der Waals surface area contributed by atoms with E-state index >= 15 is 0 Å². The standard InChI is InChI=1S/C52H31N3/c1-7-23-45-35(15-1)36-16-2-8-24-46(36)54(45)50-30-43-39-19-5-6-22-44(39)53(33-27-28-34-40-20-11-13-32-14-12-21-41(52(32)40)42(34)29-33)49(43)31-51(50)55-47-25-9-3-17-37(47)38-18-4-10-26-48(38)55/h1-31H. The molecule has 3 heterocycles. The smallest absolute Gasteiger partial charge is 0.0724 e. The van der Waals surface area contributed by atoms with Crippen LogP contribution in [0.25, 0.3) is 116 Å². The molecule has 1 aliphatic rings. The summed E-state index contributed by atoms with van der Waals surface area (Å²) in [6.45, 7) is 0. The molecule has 0 fully saturated rings. The molecule has 3 aromatic heterocycles. The molecule has 0 N–H and O–H groups in total. The Kier molecular flexibility index (Phi) is 5.63. The van der Waals surface area contributed by atoms with Crippen LogP contribution in [0.5, 0.6) is 0 Å². The molecule has 9 aromatic carbocycles. The maximum absolute atomic E-state index is 2.49. The van der Waals surface area contributed by atoms with Crippen molar-refractivity contribution in [3.8, 4) is 39.3 Å². The van der Waals surface area contributed by atoms with E-state index in [4.69, 9.17) is 0 Å². The first-order valence-electron chi connectivity index (χ1n) is 19.0. The Labute approximate surface area is 316 Å². The highest BCUT2D eigenvalue weighted by molar-refractivity contribution is 6.17. The van der Waals surface area contributed by atoms with Crippen molar-refractivity contribution in [3.05, 3.63) is 188 Å². The molecule has 0 amide bonds. The topological polar surface area (TPSA) is 14.8 Å². The number of para-hydroxylation sites is 5. The van der Waals surface area contributed by atoms with E-state index < -0.39 is 0 Å². The highest BCUT2D eigenvalue weighted by Crippen LogP contribution is 2.49. The summed E-state index contributed by atoms with van der Waals surface area (Å²) in [6, 6.07) is 69.6. The second-order valence-electron chi connectivity index (χ2n) is 14.9. The number of rotatable bonds is 3. The van der Waals surface area contributed by atoms with Crippen LogP contribution < -0.4 is 0 Å². The van der Waals surface area contributed by atoms with Gasteiger partial charge in [-0.25, -0.2) is 0 Å². The number of hydrogen-bond acceptors (Lipinski definition) is 0. The maximum atomic E-state index is 2.49. The van der Waals surface area contributed by atoms with Gasteiger partial charge in [0.2, 0.25) is 0 Å². The highest BCUT2D eigenvalue weighted by atomic mass is 15.1. The molecule has 0 unspecified atom stereocenters. The van der Waals surface area contributed by atoms with E-state index in [0.717, 1.165) is 17.1 Å². The van der Waals surface area contributed by atoms with Gasteiger partial charge in [0, 0.05) is 38.0 Å². The second-order valence-corrected chi connectivity index (χ2v) is 14.9. The molecule has 0 atom stereocenters. The summed E-state index contributed by atoms with van der Waals surface area (Å²) in [5.74, 6) is 0. The van der Waals surface area contributed by atoms with Gasteiger partial charge in [-0.15, -0.1) is 0 Å². The summed E-state index contributed by atoms with van der Waals surface area (Å²) < 4.78 is 7.47. The number of hydrogen-bond donors (Lipinski definition) is 0. The van der Waals surface area contributed by atoms with E-state index in [1.807, 2.05) is 0 Å². The van der Waals surface area contributed by atoms with E-state index in [0.29, 0.717) is 0 Å². The fraction of sp³-hybridized carbons (Fsp3) is 0. The molecular weight excluding hydrogens is 667 g/mol. The van der Waals surface area contributed by atoms with Gasteiger partial charge in [0.05, 0.1) is 44.5 Å². The lowest BCUT2D eigenvalue weighted by Gasteiger charge is -2.18. The van der Waals surface area contributed by atoms with Crippen LogP contribution in [0.2, 0.25) is 0 Å². The summed E-state index contributed by atoms with van der Waals surface area (Å²) in [7, 11) is 0. The van der Waals surface area contributed by atoms with Crippen molar-refractivity contribution >= 4 is 76.2 Å². The SMILES string of the molecule is c1cc2c3c(cccc3c1)-c1cc(-n3c4ccccc4c4cc(-n5c6ccccc6c6ccccc65)c(-n5c6ccccc6c6ccccc65)cc43)ccc1-2. The van der Waals surface area contributed by atoms with Gasteiger partial charge in [0.1, 0.15) is 0 Å². The zero-order valence-corrected chi connectivity index (χ0v) is 29.7. The normalized spacial score (nSPS) is 12.4. The molecule has 0 radical (unpaired) electrons. The molecule has 0 spiro atoms. The summed E-state index contributed by atoms with van der Waals surface area (Å²) in [5.41, 5.74) is 15.8. The van der Waals surface area contributed by atoms with Crippen molar-refractivity contribution in [2.45, 2.75) is 0 Å². The Bertz CT molecular complexity index is 3500. The molecule has 0 bridgehead atoms. The summed E-state index contributed by atoms with van der Waals surface area (Å²) in [4.78, 5) is 0. The van der Waals surface area contributed by atoms with Gasteiger partial charge in [-0.3, -0.25) is 0 Å². The van der Waals surface area contributed by atoms with E-state index in [-0.39, 0.29) is 0 Å². The predicted octanol–water partition coefficient (Wildman–Crippen LogP) is 13.8. The average Bonchev–Trinajstić information content (AvgIpc) is 3.96. The van der Waals surface area contributed by atoms with E-state index in [1.165, 1.54) is 98.4 Å². The molecule has 1 aliphatic carbocycles. The van der Waals surface area contributed by atoms with Crippen LogP contribution in [-0.4, -0.2) is 13.7 Å². The van der Waals surface area contributed by atoms with E-state index in [9.17, 15) is 0 Å². The zero-order valence-electron chi connectivity index (χ0n) is 29.7. The Morgan fingerprint density at radius 2 is 0.691 bits per heavy atom. The van der Waals surface area contributed by atoms with Crippen LogP contribution in [-0.2, 0) is 0 Å². The monoisotopic (exact) mass is 697 g/mol. The van der Waals surface area contributed by atoms with E-state index in [1.54, 1.807) is 0 Å². The average molecular weight is 698 g/mol. The number of fused-ring (bicyclic) bond motifs is 12. The van der Waals surface area contributed by atoms with Crippen LogP contribution in [0.4, 0.5) is 0 Å². The Morgan fingerprint density at radius 1 is 0.255 bits per heavy atom. The van der Waals surface area contributed by atoms with Crippen molar-refractivity contribution in [2.75, 3.05) is 0 Å². The lowest BCUT2D eigenvalue weighted by Crippen LogP contribution is -2.04. The van der Waals surface area contributed by atoms with Gasteiger partial charge in [-0.2, -0.15) is 0 Å². The summed E-state index contributed by atoms with van der Waals surface area (Å²) in [5, 5.41) is 10.1. The first-order valence-corrected chi connectivity index (χ1v) is 19.0. The van der Waals surface area contributed by atoms with Gasteiger partial charge >= 0.3 is 0 Å². The van der Waals surface area contributed by atoms with E-state index in [2.05, 4.69) is 202 Å². The molecule has 0 saturated carbocycles. The van der Waals surface area contributed by atoms with Crippen LogP contribution in [0, 0.1) is 0 Å². The summed E-state index contributed by atoms with van der Waals surface area (Å²) >= 11 is 0. The van der Waals surface area contributed by atoms with Crippen molar-refractivity contribution < 1.29 is 0 Å². The lowest BCUT2D eigenvalue weighted by molar-refractivity contribution is 1.09. The Balaban J connectivity index is 1.19. The first kappa shape index (κ1) is 29.1. The molecule has 3 heteroatoms. The molecule has 55 heavy (non-hydrogen) atoms. The van der Waals surface area contributed by atoms with Gasteiger partial charge < -0.3 is 13.7 Å². The number of nitrogens with zero attached hydrogens (tertiary/aromatic N) is 3. The number of aromatic nitrogens is 3. The molecule has 0 aliphatic heterocycles. The molecule has 13 rings (SSSR count). The maximum Gasteiger partial charge on any atom is 0.0724 e. The van der Waals surface area contributed by atoms with Crippen LogP contribution in [0.15, 0.2) is 188 Å². The van der Waals surface area contributed by atoms with Gasteiger partial charge in [0.25, 0.3) is 0 Å². The molecule has 254 valence electrons. The van der Waals surface area contributed by atoms with Crippen molar-refractivity contribution in [3.63, 3.8) is 0 Å². The van der Waals surface area contributed by atoms with Gasteiger partial charge in [-0.05, 0) is 87.6 Å². The van der Waals surface area contributed by atoms with Crippen molar-refractivity contribution in [2.24, 2.45) is 0 Å². The third-order valence-electron chi connectivity index (χ3n) is 12.2. The third kappa shape index (κ3) is 3.79. The predicted molar refractivity (Wildman–Crippen MR) is 231 cm³/mol. The largest absolute Gasteiger partial charge is 0.309 e. The summed E-state index contributed by atoms with van der Waals surface area (Å²) in [6.07, 6.45) is 0. The highest BCUT2D eigenvalue weighted by Gasteiger charge is 2.25. The molecule has 12 aromatic rings. The fourth-order valence-electron chi connectivity index (χ4n) is 9.91. The van der Waals surface area contributed by atoms with Crippen molar-refractivity contribution in [1.29, 1.82) is 0 Å². The molecular formula is C52H31N3. The lowest BCUT2D eigenvalue weighted by atomic mass is 10.0. The van der Waals surface area contributed by atoms with Crippen molar-refractivity contribution in [1.82, 2.24) is 13.7 Å².